The first-order chi connectivity index (χ1) is 5.51. The predicted octanol–water partition coefficient (Wildman–Crippen LogP) is 2.35. The lowest BCUT2D eigenvalue weighted by atomic mass is 9.99. The molecule has 0 spiro atoms. The minimum Gasteiger partial charge on any atom is -0.396 e. The van der Waals surface area contributed by atoms with Gasteiger partial charge in [-0.2, -0.15) is 13.2 Å². The van der Waals surface area contributed by atoms with E-state index in [1.165, 1.54) is 0 Å². The van der Waals surface area contributed by atoms with Crippen molar-refractivity contribution in [1.29, 1.82) is 0 Å². The molecule has 0 aromatic rings. The molecule has 0 amide bonds. The summed E-state index contributed by atoms with van der Waals surface area (Å²) in [6.07, 6.45) is -2.35. The Balaban J connectivity index is 2.23. The Hall–Kier alpha value is -0.250. The molecule has 1 unspecified atom stereocenters. The number of hydrogen-bond donors (Lipinski definition) is 1. The van der Waals surface area contributed by atoms with E-state index in [9.17, 15) is 13.2 Å². The third kappa shape index (κ3) is 3.95. The summed E-state index contributed by atoms with van der Waals surface area (Å²) in [5, 5.41) is 8.67. The Bertz CT molecular complexity index is 140. The zero-order chi connectivity index (χ0) is 9.19. The Morgan fingerprint density at radius 3 is 2.25 bits per heavy atom. The largest absolute Gasteiger partial charge is 0.396 e. The molecule has 0 aromatic carbocycles. The van der Waals surface area contributed by atoms with E-state index in [1.807, 2.05) is 0 Å². The number of aliphatic hydroxyl groups excluding tert-OH is 1. The van der Waals surface area contributed by atoms with Gasteiger partial charge in [-0.1, -0.05) is 12.8 Å². The molecule has 1 fully saturated rings. The van der Waals surface area contributed by atoms with Crippen LogP contribution in [0.2, 0.25) is 0 Å². The van der Waals surface area contributed by atoms with Crippen molar-refractivity contribution >= 4 is 0 Å². The summed E-state index contributed by atoms with van der Waals surface area (Å²) in [5.41, 5.74) is 0. The Morgan fingerprint density at radius 2 is 1.92 bits per heavy atom. The molecule has 1 saturated carbocycles. The molecule has 1 N–H and O–H groups in total. The van der Waals surface area contributed by atoms with Crippen molar-refractivity contribution in [2.75, 3.05) is 6.61 Å². The second kappa shape index (κ2) is 3.64. The fourth-order valence-corrected chi connectivity index (χ4v) is 1.37. The van der Waals surface area contributed by atoms with Crippen LogP contribution < -0.4 is 0 Å². The number of aliphatic hydroxyl groups is 1. The third-order valence-electron chi connectivity index (χ3n) is 2.14. The van der Waals surface area contributed by atoms with Crippen molar-refractivity contribution in [3.05, 3.63) is 0 Å². The van der Waals surface area contributed by atoms with Crippen molar-refractivity contribution in [3.63, 3.8) is 0 Å². The van der Waals surface area contributed by atoms with E-state index in [-0.39, 0.29) is 6.61 Å². The van der Waals surface area contributed by atoms with Crippen LogP contribution in [-0.4, -0.2) is 17.9 Å². The van der Waals surface area contributed by atoms with Gasteiger partial charge >= 0.3 is 6.18 Å². The second-order valence-corrected chi connectivity index (χ2v) is 3.55. The fraction of sp³-hybridized carbons (Fsp3) is 1.00. The van der Waals surface area contributed by atoms with Crippen LogP contribution >= 0.6 is 0 Å². The standard InChI is InChI=1S/C8H13F3O/c9-8(10,11)4-7(5-12)3-6-1-2-6/h6-7,12H,1-5H2. The average molecular weight is 182 g/mol. The van der Waals surface area contributed by atoms with Crippen molar-refractivity contribution in [1.82, 2.24) is 0 Å². The summed E-state index contributed by atoms with van der Waals surface area (Å²) in [4.78, 5) is 0. The van der Waals surface area contributed by atoms with Gasteiger partial charge in [-0.25, -0.2) is 0 Å². The van der Waals surface area contributed by atoms with Gasteiger partial charge in [0.2, 0.25) is 0 Å². The van der Waals surface area contributed by atoms with Gasteiger partial charge in [-0.15, -0.1) is 0 Å². The van der Waals surface area contributed by atoms with Gasteiger partial charge in [0, 0.05) is 13.0 Å². The molecule has 12 heavy (non-hydrogen) atoms. The maximum atomic E-state index is 11.9. The molecule has 0 saturated heterocycles. The van der Waals surface area contributed by atoms with E-state index in [0.29, 0.717) is 12.3 Å². The summed E-state index contributed by atoms with van der Waals surface area (Å²) in [6.45, 7) is -0.337. The van der Waals surface area contributed by atoms with E-state index < -0.39 is 18.5 Å². The van der Waals surface area contributed by atoms with E-state index in [4.69, 9.17) is 5.11 Å². The number of hydrogen-bond acceptors (Lipinski definition) is 1. The van der Waals surface area contributed by atoms with Gasteiger partial charge in [0.05, 0.1) is 0 Å². The van der Waals surface area contributed by atoms with Crippen LogP contribution in [0.25, 0.3) is 0 Å². The summed E-state index contributed by atoms with van der Waals surface area (Å²) in [6, 6.07) is 0. The summed E-state index contributed by atoms with van der Waals surface area (Å²) >= 11 is 0. The van der Waals surface area contributed by atoms with Crippen LogP contribution in [0.4, 0.5) is 13.2 Å². The van der Waals surface area contributed by atoms with E-state index in [2.05, 4.69) is 0 Å². The first kappa shape index (κ1) is 9.84. The van der Waals surface area contributed by atoms with Crippen molar-refractivity contribution in [3.8, 4) is 0 Å². The molecule has 0 aliphatic heterocycles. The number of alkyl halides is 3. The van der Waals surface area contributed by atoms with Crippen molar-refractivity contribution < 1.29 is 18.3 Å². The molecule has 1 rings (SSSR count). The lowest BCUT2D eigenvalue weighted by Crippen LogP contribution is -2.18. The monoisotopic (exact) mass is 182 g/mol. The molecular weight excluding hydrogens is 169 g/mol. The lowest BCUT2D eigenvalue weighted by molar-refractivity contribution is -0.148. The Kier molecular flexibility index (Phi) is 2.99. The van der Waals surface area contributed by atoms with Gasteiger partial charge in [-0.3, -0.25) is 0 Å². The molecular formula is C8H13F3O. The normalized spacial score (nSPS) is 21.0. The minimum absolute atomic E-state index is 0.337. The molecule has 0 bridgehead atoms. The van der Waals surface area contributed by atoms with Crippen molar-refractivity contribution in [2.45, 2.75) is 31.9 Å². The SMILES string of the molecule is OCC(CC1CC1)CC(F)(F)F. The van der Waals surface area contributed by atoms with Gasteiger partial charge in [0.15, 0.2) is 0 Å². The molecule has 0 heterocycles. The fourth-order valence-electron chi connectivity index (χ4n) is 1.37. The van der Waals surface area contributed by atoms with E-state index >= 15 is 0 Å². The topological polar surface area (TPSA) is 20.2 Å². The van der Waals surface area contributed by atoms with Gasteiger partial charge in [-0.05, 0) is 18.3 Å². The zero-order valence-corrected chi connectivity index (χ0v) is 6.77. The van der Waals surface area contributed by atoms with Crippen molar-refractivity contribution in [2.24, 2.45) is 11.8 Å². The molecule has 4 heteroatoms. The maximum Gasteiger partial charge on any atom is 0.389 e. The Morgan fingerprint density at radius 1 is 1.33 bits per heavy atom. The molecule has 0 aromatic heterocycles. The Labute approximate surface area is 69.6 Å². The molecule has 1 nitrogen and oxygen atoms in total. The summed E-state index contributed by atoms with van der Waals surface area (Å²) in [5.74, 6) is -0.123. The smallest absolute Gasteiger partial charge is 0.389 e. The van der Waals surface area contributed by atoms with Crippen LogP contribution in [0.5, 0.6) is 0 Å². The molecule has 72 valence electrons. The van der Waals surface area contributed by atoms with Gasteiger partial charge in [0.25, 0.3) is 0 Å². The molecule has 1 aliphatic carbocycles. The highest BCUT2D eigenvalue weighted by Crippen LogP contribution is 2.38. The quantitative estimate of drug-likeness (QED) is 0.707. The zero-order valence-electron chi connectivity index (χ0n) is 6.77. The van der Waals surface area contributed by atoms with Crippen LogP contribution in [-0.2, 0) is 0 Å². The summed E-state index contributed by atoms with van der Waals surface area (Å²) in [7, 11) is 0. The minimum atomic E-state index is -4.12. The van der Waals surface area contributed by atoms with Crippen LogP contribution in [0.1, 0.15) is 25.7 Å². The van der Waals surface area contributed by atoms with Crippen LogP contribution in [0.3, 0.4) is 0 Å². The predicted molar refractivity (Wildman–Crippen MR) is 38.6 cm³/mol. The van der Waals surface area contributed by atoms with E-state index in [0.717, 1.165) is 12.8 Å². The molecule has 1 atom stereocenters. The number of halogens is 3. The van der Waals surface area contributed by atoms with Gasteiger partial charge in [0.1, 0.15) is 0 Å². The first-order valence-electron chi connectivity index (χ1n) is 4.19. The van der Waals surface area contributed by atoms with E-state index in [1.54, 1.807) is 0 Å². The summed E-state index contributed by atoms with van der Waals surface area (Å²) < 4.78 is 35.6. The highest BCUT2D eigenvalue weighted by Gasteiger charge is 2.34. The van der Waals surface area contributed by atoms with Crippen LogP contribution in [0.15, 0.2) is 0 Å². The highest BCUT2D eigenvalue weighted by atomic mass is 19.4. The third-order valence-corrected chi connectivity index (χ3v) is 2.14. The lowest BCUT2D eigenvalue weighted by Gasteiger charge is -2.15. The first-order valence-corrected chi connectivity index (χ1v) is 4.19. The van der Waals surface area contributed by atoms with Gasteiger partial charge < -0.3 is 5.11 Å². The number of rotatable bonds is 4. The molecule has 1 aliphatic rings. The molecule has 0 radical (unpaired) electrons. The maximum absolute atomic E-state index is 11.9. The average Bonchev–Trinajstić information content (AvgIpc) is 2.67. The van der Waals surface area contributed by atoms with Crippen LogP contribution in [0, 0.1) is 11.8 Å². The second-order valence-electron chi connectivity index (χ2n) is 3.55. The highest BCUT2D eigenvalue weighted by molar-refractivity contribution is 4.77.